The van der Waals surface area contributed by atoms with E-state index in [0.29, 0.717) is 26.1 Å². The van der Waals surface area contributed by atoms with Gasteiger partial charge >= 0.3 is 11.9 Å². The average Bonchev–Trinajstić information content (AvgIpc) is 2.60. The van der Waals surface area contributed by atoms with Crippen molar-refractivity contribution >= 4 is 11.9 Å². The van der Waals surface area contributed by atoms with Crippen molar-refractivity contribution in [2.75, 3.05) is 13.2 Å². The van der Waals surface area contributed by atoms with Gasteiger partial charge in [-0.3, -0.25) is 9.59 Å². The number of esters is 2. The van der Waals surface area contributed by atoms with Crippen LogP contribution in [0, 0.1) is 0 Å². The lowest BCUT2D eigenvalue weighted by molar-refractivity contribution is -0.146. The first-order chi connectivity index (χ1) is 12.3. The molecule has 1 aliphatic rings. The maximum absolute atomic E-state index is 11.6. The molecule has 1 rings (SSSR count). The van der Waals surface area contributed by atoms with Gasteiger partial charge in [-0.1, -0.05) is 70.6 Å². The van der Waals surface area contributed by atoms with Gasteiger partial charge in [-0.25, -0.2) is 0 Å². The molecule has 0 spiro atoms. The first-order valence-corrected chi connectivity index (χ1v) is 10.6. The largest absolute Gasteiger partial charge is 0.466 e. The smallest absolute Gasteiger partial charge is 0.305 e. The van der Waals surface area contributed by atoms with Crippen LogP contribution in [0.5, 0.6) is 0 Å². The van der Waals surface area contributed by atoms with Gasteiger partial charge in [0.15, 0.2) is 0 Å². The second kappa shape index (κ2) is 16.4. The lowest BCUT2D eigenvalue weighted by atomic mass is 10.0. The summed E-state index contributed by atoms with van der Waals surface area (Å²) < 4.78 is 10.4. The predicted octanol–water partition coefficient (Wildman–Crippen LogP) is 5.72. The Morgan fingerprint density at radius 3 is 1.00 bits per heavy atom. The topological polar surface area (TPSA) is 52.6 Å². The summed E-state index contributed by atoms with van der Waals surface area (Å²) >= 11 is 0. The molecule has 1 heterocycles. The molecule has 0 atom stereocenters. The van der Waals surface area contributed by atoms with E-state index in [1.54, 1.807) is 0 Å². The van der Waals surface area contributed by atoms with Gasteiger partial charge in [0.05, 0.1) is 13.2 Å². The van der Waals surface area contributed by atoms with Crippen molar-refractivity contribution in [1.82, 2.24) is 0 Å². The van der Waals surface area contributed by atoms with Crippen molar-refractivity contribution in [3.05, 3.63) is 0 Å². The quantitative estimate of drug-likeness (QED) is 0.522. The van der Waals surface area contributed by atoms with Gasteiger partial charge in [0.1, 0.15) is 0 Å². The fourth-order valence-electron chi connectivity index (χ4n) is 3.20. The van der Waals surface area contributed by atoms with E-state index in [1.165, 1.54) is 57.8 Å². The molecule has 0 aromatic carbocycles. The third kappa shape index (κ3) is 14.9. The molecule has 1 aliphatic heterocycles. The minimum absolute atomic E-state index is 0.0876. The highest BCUT2D eigenvalue weighted by Crippen LogP contribution is 2.14. The van der Waals surface area contributed by atoms with Gasteiger partial charge in [-0.2, -0.15) is 0 Å². The lowest BCUT2D eigenvalue weighted by Crippen LogP contribution is -2.08. The monoisotopic (exact) mass is 354 g/mol. The van der Waals surface area contributed by atoms with Crippen LogP contribution in [0.4, 0.5) is 0 Å². The fraction of sp³-hybridized carbons (Fsp3) is 0.905. The number of rotatable bonds is 0. The third-order valence-corrected chi connectivity index (χ3v) is 4.83. The molecule has 0 radical (unpaired) electrons. The Bertz CT molecular complexity index is 309. The van der Waals surface area contributed by atoms with E-state index in [0.717, 1.165) is 38.5 Å². The number of cyclic esters (lactones) is 2. The highest BCUT2D eigenvalue weighted by molar-refractivity contribution is 5.69. The Morgan fingerprint density at radius 2 is 0.680 bits per heavy atom. The van der Waals surface area contributed by atoms with E-state index in [9.17, 15) is 9.59 Å². The Hall–Kier alpha value is -1.06. The van der Waals surface area contributed by atoms with Crippen LogP contribution < -0.4 is 0 Å². The Balaban J connectivity index is 2.16. The van der Waals surface area contributed by atoms with Gasteiger partial charge in [-0.15, -0.1) is 0 Å². The summed E-state index contributed by atoms with van der Waals surface area (Å²) in [7, 11) is 0. The van der Waals surface area contributed by atoms with Crippen molar-refractivity contribution in [2.45, 2.75) is 109 Å². The summed E-state index contributed by atoms with van der Waals surface area (Å²) in [5.74, 6) is -0.175. The standard InChI is InChI=1S/C21H38O4/c22-20-16-12-10-8-6-4-2-1-3-5-7-9-11-13-17-21(23)25-19-15-14-18-24-20/h1-19H2. The summed E-state index contributed by atoms with van der Waals surface area (Å²) in [5, 5.41) is 0. The molecule has 25 heavy (non-hydrogen) atoms. The molecule has 0 aliphatic carbocycles. The van der Waals surface area contributed by atoms with Gasteiger partial charge < -0.3 is 9.47 Å². The van der Waals surface area contributed by atoms with Crippen LogP contribution in [0.1, 0.15) is 109 Å². The number of carbonyl (C=O) groups is 2. The van der Waals surface area contributed by atoms with Crippen molar-refractivity contribution < 1.29 is 19.1 Å². The summed E-state index contributed by atoms with van der Waals surface area (Å²) in [6, 6.07) is 0. The molecule has 4 nitrogen and oxygen atoms in total. The van der Waals surface area contributed by atoms with Crippen LogP contribution in [0.25, 0.3) is 0 Å². The predicted molar refractivity (Wildman–Crippen MR) is 100 cm³/mol. The van der Waals surface area contributed by atoms with E-state index in [1.807, 2.05) is 0 Å². The Kier molecular flexibility index (Phi) is 14.4. The van der Waals surface area contributed by atoms with E-state index in [4.69, 9.17) is 9.47 Å². The molecule has 0 aromatic rings. The zero-order valence-corrected chi connectivity index (χ0v) is 16.1. The molecule has 0 unspecified atom stereocenters. The maximum Gasteiger partial charge on any atom is 0.305 e. The molecule has 146 valence electrons. The van der Waals surface area contributed by atoms with Crippen LogP contribution in [0.2, 0.25) is 0 Å². The minimum Gasteiger partial charge on any atom is -0.466 e. The third-order valence-electron chi connectivity index (χ3n) is 4.83. The second-order valence-corrected chi connectivity index (χ2v) is 7.24. The van der Waals surface area contributed by atoms with E-state index in [-0.39, 0.29) is 11.9 Å². The number of hydrogen-bond acceptors (Lipinski definition) is 4. The SMILES string of the molecule is O=C1CCCCCCCCCCCCCCCC(=O)OCCCCO1. The zero-order valence-electron chi connectivity index (χ0n) is 16.1. The Morgan fingerprint density at radius 1 is 0.400 bits per heavy atom. The second-order valence-electron chi connectivity index (χ2n) is 7.24. The number of ether oxygens (including phenoxy) is 2. The van der Waals surface area contributed by atoms with Crippen LogP contribution in [-0.4, -0.2) is 25.2 Å². The molecule has 0 amide bonds. The van der Waals surface area contributed by atoms with Gasteiger partial charge in [0, 0.05) is 12.8 Å². The summed E-state index contributed by atoms with van der Waals surface area (Å²) in [5.41, 5.74) is 0. The lowest BCUT2D eigenvalue weighted by Gasteiger charge is -2.06. The van der Waals surface area contributed by atoms with Crippen LogP contribution in [0.3, 0.4) is 0 Å². The number of carbonyl (C=O) groups excluding carboxylic acids is 2. The highest BCUT2D eigenvalue weighted by atomic mass is 16.5. The van der Waals surface area contributed by atoms with Crippen LogP contribution in [0.15, 0.2) is 0 Å². The van der Waals surface area contributed by atoms with E-state index in [2.05, 4.69) is 0 Å². The minimum atomic E-state index is -0.0876. The molecule has 1 fully saturated rings. The Labute approximate surface area is 154 Å². The first-order valence-electron chi connectivity index (χ1n) is 10.6. The van der Waals surface area contributed by atoms with Gasteiger partial charge in [0.2, 0.25) is 0 Å². The summed E-state index contributed by atoms with van der Waals surface area (Å²) in [4.78, 5) is 23.2. The van der Waals surface area contributed by atoms with E-state index < -0.39 is 0 Å². The summed E-state index contributed by atoms with van der Waals surface area (Å²) in [6.45, 7) is 0.882. The van der Waals surface area contributed by atoms with Crippen LogP contribution in [-0.2, 0) is 19.1 Å². The molecule has 0 N–H and O–H groups in total. The van der Waals surface area contributed by atoms with Crippen molar-refractivity contribution in [1.29, 1.82) is 0 Å². The van der Waals surface area contributed by atoms with E-state index >= 15 is 0 Å². The molecular formula is C21H38O4. The van der Waals surface area contributed by atoms with Gasteiger partial charge in [0.25, 0.3) is 0 Å². The molecule has 0 saturated carbocycles. The maximum atomic E-state index is 11.6. The molecular weight excluding hydrogens is 316 g/mol. The average molecular weight is 355 g/mol. The summed E-state index contributed by atoms with van der Waals surface area (Å²) in [6.07, 6.45) is 18.5. The van der Waals surface area contributed by atoms with Crippen molar-refractivity contribution in [3.8, 4) is 0 Å². The molecule has 0 aromatic heterocycles. The highest BCUT2D eigenvalue weighted by Gasteiger charge is 2.05. The number of hydrogen-bond donors (Lipinski definition) is 0. The molecule has 1 saturated heterocycles. The van der Waals surface area contributed by atoms with Crippen LogP contribution >= 0.6 is 0 Å². The fourth-order valence-corrected chi connectivity index (χ4v) is 3.20. The zero-order chi connectivity index (χ0) is 18.0. The molecule has 4 heteroatoms. The van der Waals surface area contributed by atoms with Gasteiger partial charge in [-0.05, 0) is 25.7 Å². The van der Waals surface area contributed by atoms with Crippen molar-refractivity contribution in [2.24, 2.45) is 0 Å². The normalized spacial score (nSPS) is 22.6. The van der Waals surface area contributed by atoms with Crippen molar-refractivity contribution in [3.63, 3.8) is 0 Å². The molecule has 0 bridgehead atoms. The first kappa shape index (κ1) is 22.0.